The number of benzene rings is 1. The molecule has 0 spiro atoms. The van der Waals surface area contributed by atoms with E-state index in [0.29, 0.717) is 0 Å². The highest BCUT2D eigenvalue weighted by molar-refractivity contribution is 14.0. The average molecular weight is 568 g/mol. The summed E-state index contributed by atoms with van der Waals surface area (Å²) in [6.45, 7) is 12.2. The lowest BCUT2D eigenvalue weighted by Crippen LogP contribution is -2.53. The van der Waals surface area contributed by atoms with Gasteiger partial charge < -0.3 is 20.0 Å². The van der Waals surface area contributed by atoms with E-state index in [0.717, 1.165) is 89.6 Å². The van der Waals surface area contributed by atoms with Crippen LogP contribution in [-0.4, -0.2) is 97.7 Å². The maximum absolute atomic E-state index is 13.2. The molecule has 0 amide bonds. The van der Waals surface area contributed by atoms with Crippen LogP contribution in [0.1, 0.15) is 6.92 Å². The Kier molecular flexibility index (Phi) is 9.92. The first-order valence-corrected chi connectivity index (χ1v) is 11.5. The van der Waals surface area contributed by atoms with Crippen LogP contribution in [0, 0.1) is 5.82 Å². The lowest BCUT2D eigenvalue weighted by molar-refractivity contribution is 0.263. The van der Waals surface area contributed by atoms with Gasteiger partial charge in [-0.1, -0.05) is 0 Å². The third-order valence-electron chi connectivity index (χ3n) is 5.99. The van der Waals surface area contributed by atoms with Gasteiger partial charge in [-0.3, -0.25) is 9.89 Å². The highest BCUT2D eigenvalue weighted by Gasteiger charge is 2.21. The van der Waals surface area contributed by atoms with Gasteiger partial charge in [0.15, 0.2) is 5.96 Å². The minimum absolute atomic E-state index is 0. The van der Waals surface area contributed by atoms with Crippen LogP contribution in [0.2, 0.25) is 0 Å². The molecule has 1 N–H and O–H groups in total. The van der Waals surface area contributed by atoms with Crippen LogP contribution in [0.15, 0.2) is 47.7 Å². The molecule has 33 heavy (non-hydrogen) atoms. The second kappa shape index (κ2) is 12.9. The van der Waals surface area contributed by atoms with E-state index in [1.54, 1.807) is 12.4 Å². The van der Waals surface area contributed by atoms with Crippen LogP contribution in [0.4, 0.5) is 16.0 Å². The van der Waals surface area contributed by atoms with E-state index in [1.165, 1.54) is 12.1 Å². The number of aromatic nitrogens is 2. The first-order chi connectivity index (χ1) is 15.7. The number of hydrogen-bond donors (Lipinski definition) is 1. The van der Waals surface area contributed by atoms with Crippen LogP contribution in [0.25, 0.3) is 0 Å². The molecule has 0 radical (unpaired) electrons. The number of aliphatic imine (C=N–C) groups is 1. The molecule has 8 nitrogen and oxygen atoms in total. The summed E-state index contributed by atoms with van der Waals surface area (Å²) in [5.74, 6) is 1.62. The molecule has 4 rings (SSSR count). The molecule has 3 heterocycles. The number of hydrogen-bond acceptors (Lipinski definition) is 6. The first-order valence-electron chi connectivity index (χ1n) is 11.5. The van der Waals surface area contributed by atoms with Gasteiger partial charge in [0, 0.05) is 83.5 Å². The Hall–Kier alpha value is -2.21. The van der Waals surface area contributed by atoms with Crippen molar-refractivity contribution in [1.29, 1.82) is 0 Å². The predicted octanol–water partition coefficient (Wildman–Crippen LogP) is 2.14. The Morgan fingerprint density at radius 1 is 0.939 bits per heavy atom. The van der Waals surface area contributed by atoms with Gasteiger partial charge in [0.2, 0.25) is 5.95 Å². The normalized spacial score (nSPS) is 17.6. The van der Waals surface area contributed by atoms with E-state index in [1.807, 2.05) is 18.2 Å². The zero-order chi connectivity index (χ0) is 22.2. The van der Waals surface area contributed by atoms with Gasteiger partial charge in [0.1, 0.15) is 5.82 Å². The Morgan fingerprint density at radius 3 is 2.21 bits per heavy atom. The van der Waals surface area contributed by atoms with Crippen molar-refractivity contribution in [3.8, 4) is 0 Å². The quantitative estimate of drug-likeness (QED) is 0.326. The highest BCUT2D eigenvalue weighted by atomic mass is 127. The van der Waals surface area contributed by atoms with Crippen molar-refractivity contribution in [2.45, 2.75) is 6.92 Å². The van der Waals surface area contributed by atoms with Gasteiger partial charge in [-0.25, -0.2) is 14.4 Å². The predicted molar refractivity (Wildman–Crippen MR) is 142 cm³/mol. The second-order valence-electron chi connectivity index (χ2n) is 8.06. The van der Waals surface area contributed by atoms with E-state index in [4.69, 9.17) is 4.99 Å². The molecule has 0 unspecified atom stereocenters. The molecule has 2 fully saturated rings. The third-order valence-corrected chi connectivity index (χ3v) is 5.99. The third kappa shape index (κ3) is 7.13. The van der Waals surface area contributed by atoms with E-state index < -0.39 is 0 Å². The maximum Gasteiger partial charge on any atom is 0.225 e. The van der Waals surface area contributed by atoms with Gasteiger partial charge >= 0.3 is 0 Å². The van der Waals surface area contributed by atoms with Crippen LogP contribution in [0.5, 0.6) is 0 Å². The summed E-state index contributed by atoms with van der Waals surface area (Å²) in [6, 6.07) is 8.62. The van der Waals surface area contributed by atoms with Crippen molar-refractivity contribution < 1.29 is 4.39 Å². The molecule has 0 aliphatic carbocycles. The molecular formula is C23H34FIN8. The van der Waals surface area contributed by atoms with Crippen LogP contribution < -0.4 is 15.1 Å². The molecule has 2 aromatic rings. The van der Waals surface area contributed by atoms with E-state index >= 15 is 0 Å². The number of nitrogens with one attached hydrogen (secondary N) is 1. The van der Waals surface area contributed by atoms with Crippen molar-refractivity contribution in [3.63, 3.8) is 0 Å². The fourth-order valence-electron chi connectivity index (χ4n) is 4.18. The Labute approximate surface area is 212 Å². The molecule has 2 aliphatic heterocycles. The minimum Gasteiger partial charge on any atom is -0.368 e. The standard InChI is InChI=1S/C23H33FN8.HI/c1-2-25-22(32-18-16-30(17-19-32)21-6-4-20(24)5-7-21)28-10-11-29-12-14-31(15-13-29)23-26-8-3-9-27-23;/h3-9H,2,10-19H2,1H3,(H,25,28);1H. The summed E-state index contributed by atoms with van der Waals surface area (Å²) in [7, 11) is 0. The molecule has 10 heteroatoms. The minimum atomic E-state index is -0.191. The van der Waals surface area contributed by atoms with Crippen LogP contribution in [-0.2, 0) is 0 Å². The fourth-order valence-corrected chi connectivity index (χ4v) is 4.18. The Bertz CT molecular complexity index is 851. The molecule has 0 atom stereocenters. The first kappa shape index (κ1) is 25.4. The largest absolute Gasteiger partial charge is 0.368 e. The number of anilines is 2. The van der Waals surface area contributed by atoms with Crippen molar-refractivity contribution >= 4 is 41.6 Å². The monoisotopic (exact) mass is 568 g/mol. The van der Waals surface area contributed by atoms with Crippen LogP contribution in [0.3, 0.4) is 0 Å². The zero-order valence-electron chi connectivity index (χ0n) is 19.2. The topological polar surface area (TPSA) is 63.1 Å². The van der Waals surface area contributed by atoms with E-state index in [-0.39, 0.29) is 29.8 Å². The van der Waals surface area contributed by atoms with Crippen molar-refractivity contribution in [3.05, 3.63) is 48.5 Å². The lowest BCUT2D eigenvalue weighted by Gasteiger charge is -2.38. The van der Waals surface area contributed by atoms with Gasteiger partial charge in [-0.15, -0.1) is 24.0 Å². The fraction of sp³-hybridized carbons (Fsp3) is 0.522. The second-order valence-corrected chi connectivity index (χ2v) is 8.06. The number of piperazine rings is 2. The van der Waals surface area contributed by atoms with Gasteiger partial charge in [0.05, 0.1) is 6.54 Å². The molecule has 2 aliphatic rings. The van der Waals surface area contributed by atoms with Crippen LogP contribution >= 0.6 is 24.0 Å². The molecule has 1 aromatic heterocycles. The van der Waals surface area contributed by atoms with Gasteiger partial charge in [0.25, 0.3) is 0 Å². The summed E-state index contributed by atoms with van der Waals surface area (Å²) in [6.07, 6.45) is 3.59. The highest BCUT2D eigenvalue weighted by Crippen LogP contribution is 2.17. The lowest BCUT2D eigenvalue weighted by atomic mass is 10.2. The van der Waals surface area contributed by atoms with Crippen molar-refractivity contribution in [2.24, 2.45) is 4.99 Å². The number of guanidine groups is 1. The summed E-state index contributed by atoms with van der Waals surface area (Å²) < 4.78 is 13.2. The number of nitrogens with zero attached hydrogens (tertiary/aromatic N) is 7. The number of halogens is 2. The molecule has 0 saturated carbocycles. The van der Waals surface area contributed by atoms with Gasteiger partial charge in [-0.05, 0) is 37.3 Å². The zero-order valence-corrected chi connectivity index (χ0v) is 21.6. The number of rotatable bonds is 6. The van der Waals surface area contributed by atoms with E-state index in [9.17, 15) is 4.39 Å². The van der Waals surface area contributed by atoms with Gasteiger partial charge in [-0.2, -0.15) is 0 Å². The molecule has 1 aromatic carbocycles. The SMILES string of the molecule is CCNC(=NCCN1CCN(c2ncccn2)CC1)N1CCN(c2ccc(F)cc2)CC1.I. The maximum atomic E-state index is 13.2. The molecule has 180 valence electrons. The Morgan fingerprint density at radius 2 is 1.58 bits per heavy atom. The summed E-state index contributed by atoms with van der Waals surface area (Å²) in [4.78, 5) is 22.9. The smallest absolute Gasteiger partial charge is 0.225 e. The Balaban J connectivity index is 0.00000306. The van der Waals surface area contributed by atoms with Crippen molar-refractivity contribution in [2.75, 3.05) is 81.8 Å². The van der Waals surface area contributed by atoms with Crippen molar-refractivity contribution in [1.82, 2.24) is 25.1 Å². The molecular weight excluding hydrogens is 534 g/mol. The average Bonchev–Trinajstić information content (AvgIpc) is 2.85. The summed E-state index contributed by atoms with van der Waals surface area (Å²) in [5.41, 5.74) is 1.08. The molecule has 0 bridgehead atoms. The molecule has 2 saturated heterocycles. The van der Waals surface area contributed by atoms with E-state index in [2.05, 4.69) is 41.8 Å². The summed E-state index contributed by atoms with van der Waals surface area (Å²) in [5, 5.41) is 3.45. The summed E-state index contributed by atoms with van der Waals surface area (Å²) >= 11 is 0.